The molecule has 150 valence electrons. The van der Waals surface area contributed by atoms with Gasteiger partial charge in [-0.05, 0) is 43.0 Å². The van der Waals surface area contributed by atoms with Crippen LogP contribution >= 0.6 is 0 Å². The van der Waals surface area contributed by atoms with Gasteiger partial charge in [-0.1, -0.05) is 31.0 Å². The first-order valence-corrected chi connectivity index (χ1v) is 10.3. The van der Waals surface area contributed by atoms with Crippen LogP contribution in [-0.4, -0.2) is 46.3 Å². The van der Waals surface area contributed by atoms with Crippen molar-refractivity contribution in [3.63, 3.8) is 0 Å². The van der Waals surface area contributed by atoms with E-state index in [0.29, 0.717) is 12.1 Å². The van der Waals surface area contributed by atoms with Gasteiger partial charge in [0.15, 0.2) is 0 Å². The second-order valence-corrected chi connectivity index (χ2v) is 7.50. The predicted octanol–water partition coefficient (Wildman–Crippen LogP) is 3.55. The first kappa shape index (κ1) is 19.2. The van der Waals surface area contributed by atoms with Crippen molar-refractivity contribution in [1.29, 1.82) is 0 Å². The Morgan fingerprint density at radius 3 is 2.69 bits per heavy atom. The molecule has 6 heteroatoms. The van der Waals surface area contributed by atoms with Crippen LogP contribution in [0.25, 0.3) is 10.9 Å². The number of aromatic nitrogens is 2. The average molecular weight is 390 g/mol. The number of nitrogens with zero attached hydrogens (tertiary/aromatic N) is 2. The molecule has 1 aromatic carbocycles. The van der Waals surface area contributed by atoms with Gasteiger partial charge in [0.2, 0.25) is 0 Å². The van der Waals surface area contributed by atoms with Crippen molar-refractivity contribution < 1.29 is 9.59 Å². The summed E-state index contributed by atoms with van der Waals surface area (Å²) in [7, 11) is 0. The third-order valence-electron chi connectivity index (χ3n) is 5.49. The van der Waals surface area contributed by atoms with E-state index < -0.39 is 0 Å². The number of rotatable bonds is 5. The molecule has 1 saturated heterocycles. The highest BCUT2D eigenvalue weighted by Crippen LogP contribution is 2.18. The number of benzene rings is 1. The van der Waals surface area contributed by atoms with E-state index in [4.69, 9.17) is 0 Å². The Labute approximate surface area is 170 Å². The Morgan fingerprint density at radius 1 is 1.07 bits per heavy atom. The van der Waals surface area contributed by atoms with Gasteiger partial charge in [0.1, 0.15) is 5.69 Å². The van der Waals surface area contributed by atoms with Crippen LogP contribution < -0.4 is 5.32 Å². The smallest absolute Gasteiger partial charge is 0.269 e. The summed E-state index contributed by atoms with van der Waals surface area (Å²) in [5.41, 5.74) is 3.07. The summed E-state index contributed by atoms with van der Waals surface area (Å²) in [6, 6.07) is 11.4. The molecule has 0 spiro atoms. The number of aromatic amines is 1. The first-order valence-electron chi connectivity index (χ1n) is 10.3. The maximum atomic E-state index is 12.8. The van der Waals surface area contributed by atoms with Crippen molar-refractivity contribution in [2.45, 2.75) is 32.1 Å². The molecule has 1 aliphatic heterocycles. The van der Waals surface area contributed by atoms with E-state index in [9.17, 15) is 9.59 Å². The Bertz CT molecular complexity index is 1000. The Balaban J connectivity index is 1.37. The summed E-state index contributed by atoms with van der Waals surface area (Å²) in [5.74, 6) is -0.266. The van der Waals surface area contributed by atoms with Crippen LogP contribution in [0.2, 0.25) is 0 Å². The van der Waals surface area contributed by atoms with E-state index in [-0.39, 0.29) is 17.5 Å². The summed E-state index contributed by atoms with van der Waals surface area (Å²) >= 11 is 0. The number of para-hydroxylation sites is 1. The maximum Gasteiger partial charge on any atom is 0.269 e. The minimum atomic E-state index is -0.254. The molecule has 2 aromatic heterocycles. The molecule has 0 aliphatic carbocycles. The quantitative estimate of drug-likeness (QED) is 0.699. The molecule has 2 N–H and O–H groups in total. The fourth-order valence-corrected chi connectivity index (χ4v) is 3.88. The van der Waals surface area contributed by atoms with Crippen LogP contribution in [0.15, 0.2) is 48.8 Å². The number of fused-ring (bicyclic) bond motifs is 1. The van der Waals surface area contributed by atoms with E-state index in [1.807, 2.05) is 29.3 Å². The monoisotopic (exact) mass is 390 g/mol. The number of hydrogen-bond donors (Lipinski definition) is 2. The lowest BCUT2D eigenvalue weighted by Crippen LogP contribution is -2.32. The molecule has 3 aromatic rings. The number of amides is 2. The SMILES string of the molecule is O=C(NCCc1c[nH]c2ccccc12)c1cc(C(=O)N2CCCCCC2)ccn1. The van der Waals surface area contributed by atoms with Crippen LogP contribution in [0.5, 0.6) is 0 Å². The van der Waals surface area contributed by atoms with Crippen LogP contribution in [0.1, 0.15) is 52.1 Å². The summed E-state index contributed by atoms with van der Waals surface area (Å²) in [4.78, 5) is 34.6. The third kappa shape index (κ3) is 4.47. The highest BCUT2D eigenvalue weighted by molar-refractivity contribution is 5.98. The minimum Gasteiger partial charge on any atom is -0.361 e. The van der Waals surface area contributed by atoms with Gasteiger partial charge >= 0.3 is 0 Å². The van der Waals surface area contributed by atoms with Crippen molar-refractivity contribution >= 4 is 22.7 Å². The molecule has 4 rings (SSSR count). The Kier molecular flexibility index (Phi) is 5.89. The van der Waals surface area contributed by atoms with E-state index in [1.165, 1.54) is 23.8 Å². The molecule has 0 saturated carbocycles. The summed E-state index contributed by atoms with van der Waals surface area (Å²) in [6.45, 7) is 2.08. The number of carbonyl (C=O) groups is 2. The standard InChI is InChI=1S/C23H26N4O2/c28-22(25-12-10-18-16-26-20-8-4-3-7-19(18)20)21-15-17(9-11-24-21)23(29)27-13-5-1-2-6-14-27/h3-4,7-9,11,15-16,26H,1-2,5-6,10,12-14H2,(H,25,28). The number of nitrogens with one attached hydrogen (secondary N) is 2. The van der Waals surface area contributed by atoms with Gasteiger partial charge in [0, 0.05) is 48.5 Å². The average Bonchev–Trinajstić information content (AvgIpc) is 2.97. The molecule has 29 heavy (non-hydrogen) atoms. The van der Waals surface area contributed by atoms with Gasteiger partial charge in [-0.2, -0.15) is 0 Å². The number of pyridine rings is 1. The molecule has 1 fully saturated rings. The summed E-state index contributed by atoms with van der Waals surface area (Å²) < 4.78 is 0. The van der Waals surface area contributed by atoms with Crippen molar-refractivity contribution in [1.82, 2.24) is 20.2 Å². The summed E-state index contributed by atoms with van der Waals surface area (Å²) in [6.07, 6.45) is 8.67. The molecular weight excluding hydrogens is 364 g/mol. The van der Waals surface area contributed by atoms with Crippen molar-refractivity contribution in [3.05, 3.63) is 65.6 Å². The van der Waals surface area contributed by atoms with Crippen LogP contribution in [-0.2, 0) is 6.42 Å². The first-order chi connectivity index (χ1) is 14.2. The van der Waals surface area contributed by atoms with Crippen LogP contribution in [0, 0.1) is 0 Å². The predicted molar refractivity (Wildman–Crippen MR) is 113 cm³/mol. The largest absolute Gasteiger partial charge is 0.361 e. The minimum absolute atomic E-state index is 0.0119. The van der Waals surface area contributed by atoms with E-state index in [2.05, 4.69) is 21.4 Å². The lowest BCUT2D eigenvalue weighted by atomic mass is 10.1. The summed E-state index contributed by atoms with van der Waals surface area (Å²) in [5, 5.41) is 4.09. The zero-order valence-corrected chi connectivity index (χ0v) is 16.5. The molecule has 0 atom stereocenters. The fraction of sp³-hybridized carbons (Fsp3) is 0.348. The Hall–Kier alpha value is -3.15. The zero-order chi connectivity index (χ0) is 20.1. The van der Waals surface area contributed by atoms with Crippen molar-refractivity contribution in [2.75, 3.05) is 19.6 Å². The van der Waals surface area contributed by atoms with Gasteiger partial charge in [-0.15, -0.1) is 0 Å². The lowest BCUT2D eigenvalue weighted by molar-refractivity contribution is 0.0761. The molecule has 2 amide bonds. The van der Waals surface area contributed by atoms with Gasteiger partial charge < -0.3 is 15.2 Å². The number of carbonyl (C=O) groups excluding carboxylic acids is 2. The fourth-order valence-electron chi connectivity index (χ4n) is 3.88. The van der Waals surface area contributed by atoms with E-state index >= 15 is 0 Å². The topological polar surface area (TPSA) is 78.1 Å². The molecular formula is C23H26N4O2. The maximum absolute atomic E-state index is 12.8. The molecule has 0 radical (unpaired) electrons. The second kappa shape index (κ2) is 8.90. The van der Waals surface area contributed by atoms with Crippen molar-refractivity contribution in [2.24, 2.45) is 0 Å². The van der Waals surface area contributed by atoms with Gasteiger partial charge in [-0.25, -0.2) is 0 Å². The number of likely N-dealkylation sites (tertiary alicyclic amines) is 1. The third-order valence-corrected chi connectivity index (χ3v) is 5.49. The number of H-pyrrole nitrogens is 1. The Morgan fingerprint density at radius 2 is 1.86 bits per heavy atom. The highest BCUT2D eigenvalue weighted by Gasteiger charge is 2.19. The number of hydrogen-bond acceptors (Lipinski definition) is 3. The second-order valence-electron chi connectivity index (χ2n) is 7.50. The lowest BCUT2D eigenvalue weighted by Gasteiger charge is -2.20. The van der Waals surface area contributed by atoms with Gasteiger partial charge in [0.05, 0.1) is 0 Å². The highest BCUT2D eigenvalue weighted by atomic mass is 16.2. The molecule has 0 unspecified atom stereocenters. The van der Waals surface area contributed by atoms with Gasteiger partial charge in [-0.3, -0.25) is 14.6 Å². The van der Waals surface area contributed by atoms with Gasteiger partial charge in [0.25, 0.3) is 11.8 Å². The normalized spacial score (nSPS) is 14.6. The van der Waals surface area contributed by atoms with E-state index in [1.54, 1.807) is 18.3 Å². The van der Waals surface area contributed by atoms with Crippen LogP contribution in [0.3, 0.4) is 0 Å². The van der Waals surface area contributed by atoms with E-state index in [0.717, 1.165) is 37.9 Å². The van der Waals surface area contributed by atoms with Crippen molar-refractivity contribution in [3.8, 4) is 0 Å². The zero-order valence-electron chi connectivity index (χ0n) is 16.5. The van der Waals surface area contributed by atoms with Crippen LogP contribution in [0.4, 0.5) is 0 Å². The molecule has 6 nitrogen and oxygen atoms in total. The molecule has 3 heterocycles. The molecule has 1 aliphatic rings. The molecule has 0 bridgehead atoms.